The third kappa shape index (κ3) is 0.685. The highest BCUT2D eigenvalue weighted by molar-refractivity contribution is 8.02. The largest absolute Gasteiger partial charge is 0.302 e. The maximum absolute atomic E-state index is 10.7. The summed E-state index contributed by atoms with van der Waals surface area (Å²) in [4.78, 5) is 10.7. The molecule has 0 radical (unpaired) electrons. The van der Waals surface area contributed by atoms with Crippen LogP contribution in [0.1, 0.15) is 13.3 Å². The molecule has 0 N–H and O–H groups in total. The number of carbonyl (C=O) groups excluding carboxylic acids is 1. The van der Waals surface area contributed by atoms with Gasteiger partial charge in [0.15, 0.2) is 0 Å². The van der Waals surface area contributed by atoms with Gasteiger partial charge < -0.3 is 4.79 Å². The van der Waals surface area contributed by atoms with Crippen molar-refractivity contribution >= 4 is 18.0 Å². The fourth-order valence-corrected chi connectivity index (χ4v) is 3.24. The maximum atomic E-state index is 10.7. The first-order valence-corrected chi connectivity index (χ1v) is 4.45. The molecule has 0 aromatic rings. The highest BCUT2D eigenvalue weighted by Gasteiger charge is 2.45. The molecule has 0 unspecified atom stereocenters. The van der Waals surface area contributed by atoms with Crippen LogP contribution in [0.2, 0.25) is 0 Å². The molecule has 0 spiro atoms. The van der Waals surface area contributed by atoms with Crippen LogP contribution in [0.15, 0.2) is 12.2 Å². The maximum Gasteiger partial charge on any atom is 0.136 e. The van der Waals surface area contributed by atoms with Crippen molar-refractivity contribution in [2.45, 2.75) is 23.3 Å². The highest BCUT2D eigenvalue weighted by Crippen LogP contribution is 2.51. The molecule has 1 aliphatic heterocycles. The predicted octanol–water partition coefficient (Wildman–Crippen LogP) is 1.64. The van der Waals surface area contributed by atoms with Gasteiger partial charge in [0.1, 0.15) is 6.29 Å². The zero-order chi connectivity index (χ0) is 7.19. The van der Waals surface area contributed by atoms with E-state index >= 15 is 0 Å². The number of aldehydes is 1. The van der Waals surface area contributed by atoms with Crippen molar-refractivity contribution in [3.05, 3.63) is 12.2 Å². The Bertz CT molecular complexity index is 199. The molecule has 1 aliphatic carbocycles. The van der Waals surface area contributed by atoms with Crippen LogP contribution in [-0.2, 0) is 4.79 Å². The molecule has 0 amide bonds. The SMILES string of the molecule is C[C@@]1(C=O)S[C@H]2C=C[C@@H]1C2. The Morgan fingerprint density at radius 3 is 2.80 bits per heavy atom. The standard InChI is InChI=1S/C8H10OS/c1-8(5-9)6-2-3-7(4-6)10-8/h2-3,5-7H,4H2,1H3/t6-,7+,8+/m1/s1. The van der Waals surface area contributed by atoms with E-state index in [1.165, 1.54) is 6.42 Å². The first-order valence-electron chi connectivity index (χ1n) is 3.57. The van der Waals surface area contributed by atoms with E-state index in [2.05, 4.69) is 12.2 Å². The lowest BCUT2D eigenvalue weighted by atomic mass is 9.95. The van der Waals surface area contributed by atoms with Crippen LogP contribution in [-0.4, -0.2) is 16.3 Å². The lowest BCUT2D eigenvalue weighted by Crippen LogP contribution is -2.27. The molecule has 3 atom stereocenters. The van der Waals surface area contributed by atoms with E-state index in [1.54, 1.807) is 0 Å². The van der Waals surface area contributed by atoms with Crippen LogP contribution in [0.5, 0.6) is 0 Å². The molecule has 0 aromatic carbocycles. The molecule has 2 heteroatoms. The molecule has 54 valence electrons. The summed E-state index contributed by atoms with van der Waals surface area (Å²) >= 11 is 1.81. The summed E-state index contributed by atoms with van der Waals surface area (Å²) in [6, 6.07) is 0. The monoisotopic (exact) mass is 154 g/mol. The van der Waals surface area contributed by atoms with Gasteiger partial charge in [-0.1, -0.05) is 12.2 Å². The third-order valence-corrected chi connectivity index (χ3v) is 3.98. The van der Waals surface area contributed by atoms with Gasteiger partial charge in [-0.2, -0.15) is 0 Å². The number of thioether (sulfide) groups is 1. The average molecular weight is 154 g/mol. The summed E-state index contributed by atoms with van der Waals surface area (Å²) in [5, 5.41) is 0.625. The van der Waals surface area contributed by atoms with Crippen LogP contribution >= 0.6 is 11.8 Å². The van der Waals surface area contributed by atoms with Gasteiger partial charge in [-0.25, -0.2) is 0 Å². The molecule has 1 fully saturated rings. The van der Waals surface area contributed by atoms with Gasteiger partial charge in [0.2, 0.25) is 0 Å². The van der Waals surface area contributed by atoms with Crippen LogP contribution in [0.4, 0.5) is 0 Å². The smallest absolute Gasteiger partial charge is 0.136 e. The first kappa shape index (κ1) is 6.47. The minimum absolute atomic E-state index is 0.0978. The summed E-state index contributed by atoms with van der Waals surface area (Å²) in [7, 11) is 0. The quantitative estimate of drug-likeness (QED) is 0.422. The van der Waals surface area contributed by atoms with Crippen LogP contribution in [0.3, 0.4) is 0 Å². The van der Waals surface area contributed by atoms with Gasteiger partial charge in [-0.05, 0) is 19.3 Å². The second-order valence-electron chi connectivity index (χ2n) is 3.19. The minimum Gasteiger partial charge on any atom is -0.302 e. The Balaban J connectivity index is 2.30. The van der Waals surface area contributed by atoms with E-state index in [4.69, 9.17) is 0 Å². The third-order valence-electron chi connectivity index (χ3n) is 2.42. The van der Waals surface area contributed by atoms with Crippen molar-refractivity contribution in [2.75, 3.05) is 0 Å². The number of allylic oxidation sites excluding steroid dienone is 1. The van der Waals surface area contributed by atoms with Crippen molar-refractivity contribution < 1.29 is 4.79 Å². The zero-order valence-electron chi connectivity index (χ0n) is 5.91. The lowest BCUT2D eigenvalue weighted by molar-refractivity contribution is -0.110. The van der Waals surface area contributed by atoms with Crippen LogP contribution in [0, 0.1) is 5.92 Å². The Hall–Kier alpha value is -0.240. The molecular formula is C8H10OS. The van der Waals surface area contributed by atoms with Crippen molar-refractivity contribution in [1.82, 2.24) is 0 Å². The van der Waals surface area contributed by atoms with Crippen LogP contribution < -0.4 is 0 Å². The van der Waals surface area contributed by atoms with Gasteiger partial charge in [0, 0.05) is 5.25 Å². The summed E-state index contributed by atoms with van der Waals surface area (Å²) < 4.78 is -0.0978. The molecule has 1 nitrogen and oxygen atoms in total. The normalized spacial score (nSPS) is 50.1. The molecule has 2 rings (SSSR count). The molecule has 2 aliphatic rings. The lowest BCUT2D eigenvalue weighted by Gasteiger charge is -2.22. The molecular weight excluding hydrogens is 144 g/mol. The molecule has 2 bridgehead atoms. The number of hydrogen-bond donors (Lipinski definition) is 0. The Morgan fingerprint density at radius 1 is 1.70 bits per heavy atom. The molecule has 0 saturated carbocycles. The number of carbonyl (C=O) groups is 1. The van der Waals surface area contributed by atoms with Crippen molar-refractivity contribution in [3.8, 4) is 0 Å². The van der Waals surface area contributed by atoms with Gasteiger partial charge >= 0.3 is 0 Å². The summed E-state index contributed by atoms with van der Waals surface area (Å²) in [6.45, 7) is 2.04. The Labute approximate surface area is 64.9 Å². The number of rotatable bonds is 1. The van der Waals surface area contributed by atoms with E-state index in [0.717, 1.165) is 6.29 Å². The molecule has 1 heterocycles. The van der Waals surface area contributed by atoms with Crippen molar-refractivity contribution in [1.29, 1.82) is 0 Å². The highest BCUT2D eigenvalue weighted by atomic mass is 32.2. The van der Waals surface area contributed by atoms with Crippen LogP contribution in [0.25, 0.3) is 0 Å². The van der Waals surface area contributed by atoms with E-state index in [0.29, 0.717) is 11.2 Å². The first-order chi connectivity index (χ1) is 4.74. The zero-order valence-corrected chi connectivity index (χ0v) is 6.73. The topological polar surface area (TPSA) is 17.1 Å². The van der Waals surface area contributed by atoms with E-state index in [-0.39, 0.29) is 4.75 Å². The van der Waals surface area contributed by atoms with E-state index in [9.17, 15) is 4.79 Å². The fraction of sp³-hybridized carbons (Fsp3) is 0.625. The average Bonchev–Trinajstić information content (AvgIpc) is 2.46. The van der Waals surface area contributed by atoms with Crippen molar-refractivity contribution in [2.24, 2.45) is 5.92 Å². The number of hydrogen-bond acceptors (Lipinski definition) is 2. The van der Waals surface area contributed by atoms with E-state index < -0.39 is 0 Å². The second-order valence-corrected chi connectivity index (χ2v) is 4.91. The second kappa shape index (κ2) is 1.88. The van der Waals surface area contributed by atoms with Gasteiger partial charge in [0.25, 0.3) is 0 Å². The summed E-state index contributed by atoms with van der Waals surface area (Å²) in [6.07, 6.45) is 6.70. The molecule has 10 heavy (non-hydrogen) atoms. The van der Waals surface area contributed by atoms with Gasteiger partial charge in [0.05, 0.1) is 4.75 Å². The predicted molar refractivity (Wildman–Crippen MR) is 43.1 cm³/mol. The minimum atomic E-state index is -0.0978. The summed E-state index contributed by atoms with van der Waals surface area (Å²) in [5.41, 5.74) is 0. The molecule has 0 aromatic heterocycles. The van der Waals surface area contributed by atoms with E-state index in [1.807, 2.05) is 18.7 Å². The summed E-state index contributed by atoms with van der Waals surface area (Å²) in [5.74, 6) is 0.514. The van der Waals surface area contributed by atoms with Crippen molar-refractivity contribution in [3.63, 3.8) is 0 Å². The van der Waals surface area contributed by atoms with Gasteiger partial charge in [-0.3, -0.25) is 0 Å². The Kier molecular flexibility index (Phi) is 1.21. The molecule has 1 saturated heterocycles. The fourth-order valence-electron chi connectivity index (χ4n) is 1.71. The number of fused-ring (bicyclic) bond motifs is 2. The Morgan fingerprint density at radius 2 is 2.50 bits per heavy atom. The van der Waals surface area contributed by atoms with Gasteiger partial charge in [-0.15, -0.1) is 11.8 Å².